The van der Waals surface area contributed by atoms with Gasteiger partial charge in [0.2, 0.25) is 11.8 Å². The van der Waals surface area contributed by atoms with Crippen LogP contribution in [0.4, 0.5) is 0 Å². The molecule has 1 aromatic rings. The minimum atomic E-state index is -0.508. The molecule has 0 aliphatic carbocycles. The topological polar surface area (TPSA) is 54.0 Å². The molecule has 2 rings (SSSR count). The van der Waals surface area contributed by atoms with Crippen molar-refractivity contribution < 1.29 is 14.1 Å². The molecule has 1 aromatic heterocycles. The number of fused-ring (bicyclic) bond motifs is 1. The van der Waals surface area contributed by atoms with Crippen molar-refractivity contribution in [2.24, 2.45) is 5.92 Å². The van der Waals surface area contributed by atoms with Crippen LogP contribution >= 0.6 is 23.5 Å². The zero-order valence-electron chi connectivity index (χ0n) is 12.4. The summed E-state index contributed by atoms with van der Waals surface area (Å²) in [5.41, 5.74) is 0.890. The summed E-state index contributed by atoms with van der Waals surface area (Å²) in [6.07, 6.45) is 1.47. The van der Waals surface area contributed by atoms with Crippen molar-refractivity contribution in [3.8, 4) is 6.07 Å². The molecule has 1 aliphatic rings. The van der Waals surface area contributed by atoms with Crippen molar-refractivity contribution in [3.05, 3.63) is 30.1 Å². The third-order valence-corrected chi connectivity index (χ3v) is 6.36. The third kappa shape index (κ3) is 2.77. The van der Waals surface area contributed by atoms with Gasteiger partial charge in [-0.15, -0.1) is 0 Å². The summed E-state index contributed by atoms with van der Waals surface area (Å²) >= 11 is 3.46. The lowest BCUT2D eigenvalue weighted by Gasteiger charge is -2.25. The van der Waals surface area contributed by atoms with Crippen LogP contribution in [0.5, 0.6) is 0 Å². The smallest absolute Gasteiger partial charge is 0.303 e. The summed E-state index contributed by atoms with van der Waals surface area (Å²) in [4.78, 5) is 11.4. The van der Waals surface area contributed by atoms with Gasteiger partial charge in [0.05, 0.1) is 6.07 Å². The highest BCUT2D eigenvalue weighted by Crippen LogP contribution is 2.53. The van der Waals surface area contributed by atoms with E-state index in [1.807, 2.05) is 24.4 Å². The van der Waals surface area contributed by atoms with Crippen molar-refractivity contribution in [2.45, 2.75) is 31.1 Å². The number of pyridine rings is 1. The minimum Gasteiger partial charge on any atom is -0.449 e. The first kappa shape index (κ1) is 16.2. The number of thioether (sulfide) groups is 2. The van der Waals surface area contributed by atoms with Crippen LogP contribution < -0.4 is 4.57 Å². The fourth-order valence-corrected chi connectivity index (χ4v) is 5.90. The first-order valence-electron chi connectivity index (χ1n) is 6.96. The van der Waals surface area contributed by atoms with Gasteiger partial charge in [-0.3, -0.25) is 4.79 Å². The first-order chi connectivity index (χ1) is 10.1. The van der Waals surface area contributed by atoms with Crippen LogP contribution in [-0.2, 0) is 13.7 Å². The molecule has 6 heteroatoms. The normalized spacial score (nSPS) is 22.4. The zero-order chi connectivity index (χ0) is 15.5. The average molecular weight is 323 g/mol. The maximum absolute atomic E-state index is 11.4. The van der Waals surface area contributed by atoms with Gasteiger partial charge in [0, 0.05) is 19.1 Å². The molecule has 2 atom stereocenters. The van der Waals surface area contributed by atoms with E-state index in [1.54, 1.807) is 23.5 Å². The quantitative estimate of drug-likeness (QED) is 0.474. The van der Waals surface area contributed by atoms with Gasteiger partial charge in [0.15, 0.2) is 12.1 Å². The molecule has 1 aliphatic heterocycles. The summed E-state index contributed by atoms with van der Waals surface area (Å²) in [5, 5.41) is 9.73. The van der Waals surface area contributed by atoms with Crippen molar-refractivity contribution in [3.63, 3.8) is 0 Å². The standard InChI is InChI=1S/C15H19N2O2S2/c1-4-20-15(21-5-2)12(10-16)14(19-11(3)18)13-8-6-7-9-17(13)15/h6-9,12,14H,4-5H2,1-3H3/q+1. The summed E-state index contributed by atoms with van der Waals surface area (Å²) < 4.78 is 7.15. The molecule has 0 radical (unpaired) electrons. The molecule has 0 amide bonds. The van der Waals surface area contributed by atoms with Crippen LogP contribution in [-0.4, -0.2) is 17.5 Å². The van der Waals surface area contributed by atoms with Gasteiger partial charge in [-0.2, -0.15) is 9.83 Å². The van der Waals surface area contributed by atoms with Crippen molar-refractivity contribution in [1.29, 1.82) is 5.26 Å². The highest BCUT2D eigenvalue weighted by Gasteiger charge is 2.62. The number of esters is 1. The molecule has 0 aromatic carbocycles. The molecule has 2 unspecified atom stereocenters. The molecule has 0 saturated heterocycles. The Kier molecular flexibility index (Phi) is 5.17. The zero-order valence-corrected chi connectivity index (χ0v) is 14.0. The Balaban J connectivity index is 2.58. The highest BCUT2D eigenvalue weighted by atomic mass is 32.2. The largest absolute Gasteiger partial charge is 0.449 e. The number of ether oxygens (including phenoxy) is 1. The SMILES string of the molecule is CCSC1(SCC)C(C#N)C(OC(C)=O)c2cccc[n+]21. The Morgan fingerprint density at radius 3 is 2.62 bits per heavy atom. The lowest BCUT2D eigenvalue weighted by Crippen LogP contribution is -2.52. The van der Waals surface area contributed by atoms with E-state index >= 15 is 0 Å². The molecule has 0 fully saturated rings. The molecule has 0 spiro atoms. The molecular weight excluding hydrogens is 304 g/mol. The molecule has 0 saturated carbocycles. The van der Waals surface area contributed by atoms with Crippen LogP contribution in [0.25, 0.3) is 0 Å². The van der Waals surface area contributed by atoms with Crippen molar-refractivity contribution in [1.82, 2.24) is 0 Å². The van der Waals surface area contributed by atoms with Gasteiger partial charge >= 0.3 is 5.97 Å². The van der Waals surface area contributed by atoms with Crippen molar-refractivity contribution in [2.75, 3.05) is 11.5 Å². The van der Waals surface area contributed by atoms with Crippen LogP contribution in [0.2, 0.25) is 0 Å². The second-order valence-corrected chi connectivity index (χ2v) is 7.86. The summed E-state index contributed by atoms with van der Waals surface area (Å²) in [7, 11) is 0. The lowest BCUT2D eigenvalue weighted by atomic mass is 10.0. The molecular formula is C15H19N2O2S2+. The Labute approximate surface area is 133 Å². The van der Waals surface area contributed by atoms with Crippen LogP contribution in [0.15, 0.2) is 24.4 Å². The molecule has 2 heterocycles. The van der Waals surface area contributed by atoms with Gasteiger partial charge in [-0.25, -0.2) is 0 Å². The predicted molar refractivity (Wildman–Crippen MR) is 84.5 cm³/mol. The third-order valence-electron chi connectivity index (χ3n) is 3.35. The van der Waals surface area contributed by atoms with E-state index < -0.39 is 16.2 Å². The van der Waals surface area contributed by atoms with Gasteiger partial charge in [0.1, 0.15) is 0 Å². The van der Waals surface area contributed by atoms with E-state index in [1.165, 1.54) is 6.92 Å². The van der Waals surface area contributed by atoms with Crippen LogP contribution in [0.1, 0.15) is 32.6 Å². The van der Waals surface area contributed by atoms with Crippen LogP contribution in [0.3, 0.4) is 0 Å². The van der Waals surface area contributed by atoms with E-state index in [0.717, 1.165) is 17.2 Å². The summed E-state index contributed by atoms with van der Waals surface area (Å²) in [6.45, 7) is 5.56. The average Bonchev–Trinajstić information content (AvgIpc) is 2.70. The Bertz CT molecular complexity index is 565. The van der Waals surface area contributed by atoms with Gasteiger partial charge in [-0.1, -0.05) is 37.4 Å². The number of carbonyl (C=O) groups is 1. The number of nitriles is 1. The monoisotopic (exact) mass is 323 g/mol. The van der Waals surface area contributed by atoms with Crippen molar-refractivity contribution >= 4 is 29.5 Å². The number of aromatic nitrogens is 1. The molecule has 0 N–H and O–H groups in total. The van der Waals surface area contributed by atoms with E-state index in [4.69, 9.17) is 4.74 Å². The molecule has 0 bridgehead atoms. The number of nitrogens with zero attached hydrogens (tertiary/aromatic N) is 2. The Hall–Kier alpha value is -1.19. The van der Waals surface area contributed by atoms with Gasteiger partial charge in [-0.05, 0) is 17.6 Å². The molecule has 112 valence electrons. The first-order valence-corrected chi connectivity index (χ1v) is 8.93. The van der Waals surface area contributed by atoms with Crippen LogP contribution in [0, 0.1) is 17.2 Å². The predicted octanol–water partition coefficient (Wildman–Crippen LogP) is 2.85. The lowest BCUT2D eigenvalue weighted by molar-refractivity contribution is -0.710. The molecule has 21 heavy (non-hydrogen) atoms. The fraction of sp³-hybridized carbons (Fsp3) is 0.533. The maximum atomic E-state index is 11.4. The highest BCUT2D eigenvalue weighted by molar-refractivity contribution is 8.16. The number of carbonyl (C=O) groups excluding carboxylic acids is 1. The number of hydrogen-bond acceptors (Lipinski definition) is 5. The second-order valence-electron chi connectivity index (χ2n) is 4.63. The van der Waals surface area contributed by atoms with E-state index in [2.05, 4.69) is 24.5 Å². The second kappa shape index (κ2) is 6.71. The van der Waals surface area contributed by atoms with E-state index in [-0.39, 0.29) is 5.97 Å². The van der Waals surface area contributed by atoms with E-state index in [9.17, 15) is 10.1 Å². The van der Waals surface area contributed by atoms with Gasteiger partial charge in [0.25, 0.3) is 4.20 Å². The summed E-state index contributed by atoms with van der Waals surface area (Å²) in [5.74, 6) is 1.02. The Morgan fingerprint density at radius 1 is 1.43 bits per heavy atom. The number of rotatable bonds is 5. The van der Waals surface area contributed by atoms with E-state index in [0.29, 0.717) is 0 Å². The minimum absolute atomic E-state index is 0.352. The maximum Gasteiger partial charge on any atom is 0.303 e. The fourth-order valence-electron chi connectivity index (χ4n) is 2.71. The summed E-state index contributed by atoms with van der Waals surface area (Å²) in [6, 6.07) is 8.19. The Morgan fingerprint density at radius 2 is 2.10 bits per heavy atom. The molecule has 4 nitrogen and oxygen atoms in total. The van der Waals surface area contributed by atoms with Gasteiger partial charge < -0.3 is 4.74 Å². The number of hydrogen-bond donors (Lipinski definition) is 0.